The van der Waals surface area contributed by atoms with Crippen molar-refractivity contribution in [1.29, 1.82) is 5.26 Å². The van der Waals surface area contributed by atoms with Gasteiger partial charge in [-0.1, -0.05) is 37.3 Å². The molecule has 0 aromatic heterocycles. The molecule has 0 amide bonds. The maximum Gasteiger partial charge on any atom is 0.336 e. The largest absolute Gasteiger partial charge is 0.478 e. The van der Waals surface area contributed by atoms with Gasteiger partial charge in [-0.3, -0.25) is 0 Å². The molecule has 1 aromatic rings. The van der Waals surface area contributed by atoms with Gasteiger partial charge < -0.3 is 9.84 Å². The molecule has 2 rings (SSSR count). The van der Waals surface area contributed by atoms with E-state index in [9.17, 15) is 15.2 Å². The zero-order chi connectivity index (χ0) is 15.7. The van der Waals surface area contributed by atoms with Gasteiger partial charge in [-0.2, -0.15) is 5.26 Å². The maximum atomic E-state index is 11.2. The summed E-state index contributed by atoms with van der Waals surface area (Å²) in [7, 11) is 1.58. The van der Waals surface area contributed by atoms with Crippen molar-refractivity contribution >= 4 is 12.0 Å². The number of carboxylic acids is 1. The first kappa shape index (κ1) is 15.3. The van der Waals surface area contributed by atoms with Gasteiger partial charge in [0.2, 0.25) is 0 Å². The first-order chi connectivity index (χ1) is 9.90. The molecule has 1 aliphatic carbocycles. The molecular weight excluding hydrogens is 266 g/mol. The van der Waals surface area contributed by atoms with Crippen molar-refractivity contribution in [2.75, 3.05) is 7.11 Å². The van der Waals surface area contributed by atoms with Crippen molar-refractivity contribution in [3.63, 3.8) is 0 Å². The van der Waals surface area contributed by atoms with Crippen molar-refractivity contribution < 1.29 is 14.6 Å². The summed E-state index contributed by atoms with van der Waals surface area (Å²) in [6.45, 7) is 3.90. The second kappa shape index (κ2) is 5.34. The number of nitrogens with zero attached hydrogens (tertiary/aromatic N) is 1. The average Bonchev–Trinajstić information content (AvgIpc) is 3.17. The SMILES string of the molecule is CO[C@](C)(/C=C/c1ccccc1C(=O)O)[C@]1(C#N)C[C@@H]1C. The van der Waals surface area contributed by atoms with Crippen LogP contribution in [0.5, 0.6) is 0 Å². The number of carboxylic acid groups (broad SMARTS) is 1. The molecule has 0 spiro atoms. The van der Waals surface area contributed by atoms with Gasteiger partial charge in [0.25, 0.3) is 0 Å². The van der Waals surface area contributed by atoms with Gasteiger partial charge in [-0.25, -0.2) is 4.79 Å². The predicted octanol–water partition coefficient (Wildman–Crippen LogP) is 3.35. The molecule has 0 aliphatic heterocycles. The number of aromatic carboxylic acids is 1. The lowest BCUT2D eigenvalue weighted by Gasteiger charge is -2.30. The second-order valence-electron chi connectivity index (χ2n) is 5.73. The molecule has 1 N–H and O–H groups in total. The predicted molar refractivity (Wildman–Crippen MR) is 79.7 cm³/mol. The summed E-state index contributed by atoms with van der Waals surface area (Å²) in [5.41, 5.74) is -0.417. The van der Waals surface area contributed by atoms with E-state index in [-0.39, 0.29) is 11.5 Å². The summed E-state index contributed by atoms with van der Waals surface area (Å²) in [5.74, 6) is -0.698. The summed E-state index contributed by atoms with van der Waals surface area (Å²) in [4.78, 5) is 11.2. The van der Waals surface area contributed by atoms with Gasteiger partial charge in [0.05, 0.1) is 17.0 Å². The van der Waals surface area contributed by atoms with E-state index >= 15 is 0 Å². The Bertz CT molecular complexity index is 631. The fraction of sp³-hybridized carbons (Fsp3) is 0.412. The van der Waals surface area contributed by atoms with Crippen LogP contribution >= 0.6 is 0 Å². The lowest BCUT2D eigenvalue weighted by Crippen LogP contribution is -2.36. The minimum absolute atomic E-state index is 0.238. The van der Waals surface area contributed by atoms with E-state index in [0.717, 1.165) is 6.42 Å². The summed E-state index contributed by atoms with van der Waals surface area (Å²) >= 11 is 0. The van der Waals surface area contributed by atoms with Gasteiger partial charge >= 0.3 is 5.97 Å². The van der Waals surface area contributed by atoms with E-state index in [1.807, 2.05) is 19.9 Å². The lowest BCUT2D eigenvalue weighted by molar-refractivity contribution is 0.00164. The number of benzene rings is 1. The minimum Gasteiger partial charge on any atom is -0.478 e. The normalized spacial score (nSPS) is 27.0. The molecule has 21 heavy (non-hydrogen) atoms. The maximum absolute atomic E-state index is 11.2. The van der Waals surface area contributed by atoms with Crippen LogP contribution in [-0.2, 0) is 4.74 Å². The van der Waals surface area contributed by atoms with Gasteiger partial charge in [0.1, 0.15) is 5.60 Å². The number of ether oxygens (including phenoxy) is 1. The summed E-state index contributed by atoms with van der Waals surface area (Å²) in [6.07, 6.45) is 4.33. The van der Waals surface area contributed by atoms with Gasteiger partial charge in [-0.05, 0) is 30.9 Å². The van der Waals surface area contributed by atoms with Gasteiger partial charge in [0.15, 0.2) is 0 Å². The zero-order valence-electron chi connectivity index (χ0n) is 12.5. The van der Waals surface area contributed by atoms with Crippen molar-refractivity contribution in [2.45, 2.75) is 25.9 Å². The first-order valence-electron chi connectivity index (χ1n) is 6.88. The molecule has 1 saturated carbocycles. The molecule has 110 valence electrons. The molecule has 4 heteroatoms. The highest BCUT2D eigenvalue weighted by Gasteiger charge is 2.63. The fourth-order valence-corrected chi connectivity index (χ4v) is 2.87. The van der Waals surface area contributed by atoms with E-state index in [4.69, 9.17) is 4.74 Å². The Morgan fingerprint density at radius 1 is 1.57 bits per heavy atom. The molecule has 0 saturated heterocycles. The highest BCUT2D eigenvalue weighted by molar-refractivity contribution is 5.92. The molecule has 4 nitrogen and oxygen atoms in total. The molecule has 1 aliphatic rings. The summed E-state index contributed by atoms with van der Waals surface area (Å²) < 4.78 is 5.59. The first-order valence-corrected chi connectivity index (χ1v) is 6.88. The third kappa shape index (κ3) is 2.45. The quantitative estimate of drug-likeness (QED) is 0.900. The molecule has 0 bridgehead atoms. The number of hydrogen-bond donors (Lipinski definition) is 1. The number of hydrogen-bond acceptors (Lipinski definition) is 3. The average molecular weight is 285 g/mol. The molecular formula is C17H19NO3. The van der Waals surface area contributed by atoms with Crippen LogP contribution in [0.2, 0.25) is 0 Å². The van der Waals surface area contributed by atoms with Crippen LogP contribution in [0.3, 0.4) is 0 Å². The molecule has 0 heterocycles. The number of nitriles is 1. The van der Waals surface area contributed by atoms with Crippen LogP contribution in [0.25, 0.3) is 6.08 Å². The minimum atomic E-state index is -0.968. The summed E-state index contributed by atoms with van der Waals surface area (Å²) in [6, 6.07) is 9.16. The Morgan fingerprint density at radius 2 is 2.19 bits per heavy atom. The Labute approximate surface area is 124 Å². The standard InChI is InChI=1S/C17H19NO3/c1-12-10-17(12,11-18)16(2,21-3)9-8-13-6-4-5-7-14(13)15(19)20/h4-9,12H,10H2,1-3H3,(H,19,20)/b9-8+/t12-,16+,17-/m0/s1. The van der Waals surface area contributed by atoms with E-state index in [0.29, 0.717) is 5.56 Å². The third-order valence-electron chi connectivity index (χ3n) is 4.59. The third-order valence-corrected chi connectivity index (χ3v) is 4.59. The molecule has 0 unspecified atom stereocenters. The number of rotatable bonds is 5. The molecule has 1 aromatic carbocycles. The van der Waals surface area contributed by atoms with Crippen LogP contribution in [-0.4, -0.2) is 23.8 Å². The Kier molecular flexibility index (Phi) is 3.89. The van der Waals surface area contributed by atoms with Crippen LogP contribution < -0.4 is 0 Å². The second-order valence-corrected chi connectivity index (χ2v) is 5.73. The zero-order valence-corrected chi connectivity index (χ0v) is 12.5. The highest BCUT2D eigenvalue weighted by Crippen LogP contribution is 2.60. The summed E-state index contributed by atoms with van der Waals surface area (Å²) in [5, 5.41) is 18.7. The van der Waals surface area contributed by atoms with Gasteiger partial charge in [0, 0.05) is 7.11 Å². The Morgan fingerprint density at radius 3 is 2.67 bits per heavy atom. The number of methoxy groups -OCH3 is 1. The Balaban J connectivity index is 2.36. The molecule has 1 fully saturated rings. The Hall–Kier alpha value is -2.12. The van der Waals surface area contributed by atoms with Crippen LogP contribution in [0, 0.1) is 22.7 Å². The smallest absolute Gasteiger partial charge is 0.336 e. The van der Waals surface area contributed by atoms with Crippen molar-refractivity contribution in [3.8, 4) is 6.07 Å². The van der Waals surface area contributed by atoms with E-state index in [1.54, 1.807) is 37.5 Å². The van der Waals surface area contributed by atoms with Crippen molar-refractivity contribution in [3.05, 3.63) is 41.5 Å². The van der Waals surface area contributed by atoms with Crippen molar-refractivity contribution in [1.82, 2.24) is 0 Å². The van der Waals surface area contributed by atoms with Crippen molar-refractivity contribution in [2.24, 2.45) is 11.3 Å². The highest BCUT2D eigenvalue weighted by atomic mass is 16.5. The number of carbonyl (C=O) groups is 1. The molecule has 0 radical (unpaired) electrons. The lowest BCUT2D eigenvalue weighted by atomic mass is 9.84. The van der Waals surface area contributed by atoms with E-state index in [1.165, 1.54) is 0 Å². The fourth-order valence-electron chi connectivity index (χ4n) is 2.87. The van der Waals surface area contributed by atoms with Crippen LogP contribution in [0.15, 0.2) is 30.3 Å². The molecule has 3 atom stereocenters. The topological polar surface area (TPSA) is 70.3 Å². The van der Waals surface area contributed by atoms with Gasteiger partial charge in [-0.15, -0.1) is 0 Å². The van der Waals surface area contributed by atoms with E-state index < -0.39 is 17.0 Å². The van der Waals surface area contributed by atoms with Crippen LogP contribution in [0.1, 0.15) is 36.2 Å². The van der Waals surface area contributed by atoms with E-state index in [2.05, 4.69) is 6.07 Å². The monoisotopic (exact) mass is 285 g/mol. The van der Waals surface area contributed by atoms with Crippen LogP contribution in [0.4, 0.5) is 0 Å².